The second-order valence-corrected chi connectivity index (χ2v) is 8.45. The first kappa shape index (κ1) is 20.5. The third kappa shape index (κ3) is 4.85. The maximum atomic E-state index is 12.7. The number of amides is 2. The summed E-state index contributed by atoms with van der Waals surface area (Å²) in [5, 5.41) is 6.66. The lowest BCUT2D eigenvalue weighted by molar-refractivity contribution is -0.134. The molecule has 0 aromatic heterocycles. The number of hydrogen-bond acceptors (Lipinski definition) is 3. The molecule has 1 aliphatic heterocycles. The minimum atomic E-state index is -0.253. The Morgan fingerprint density at radius 1 is 1.23 bits per heavy atom. The van der Waals surface area contributed by atoms with E-state index in [0.29, 0.717) is 23.7 Å². The molecule has 2 N–H and O–H groups in total. The first-order valence-electron chi connectivity index (χ1n) is 10.3. The number of halogens is 1. The molecule has 30 heavy (non-hydrogen) atoms. The fraction of sp³-hybridized carbons (Fsp3) is 0.333. The average molecular weight is 425 g/mol. The van der Waals surface area contributed by atoms with Crippen LogP contribution in [0.15, 0.2) is 54.3 Å². The summed E-state index contributed by atoms with van der Waals surface area (Å²) >= 11 is 6.02. The highest BCUT2D eigenvalue weighted by Gasteiger charge is 2.40. The summed E-state index contributed by atoms with van der Waals surface area (Å²) in [5.41, 5.74) is 3.07. The van der Waals surface area contributed by atoms with Gasteiger partial charge in [0.05, 0.1) is 6.04 Å². The van der Waals surface area contributed by atoms with E-state index in [1.807, 2.05) is 37.3 Å². The number of aryl methyl sites for hydroxylation is 1. The van der Waals surface area contributed by atoms with Gasteiger partial charge in [-0.25, -0.2) is 0 Å². The number of rotatable bonds is 4. The SMILES string of the molecule is Cc1cccc(CNC(=O)C2CCC3O/C(=C/c4cccc(Cl)c4)C(=O)NC3C2)c1. The topological polar surface area (TPSA) is 67.4 Å². The Morgan fingerprint density at radius 3 is 2.87 bits per heavy atom. The van der Waals surface area contributed by atoms with E-state index in [9.17, 15) is 9.59 Å². The fourth-order valence-corrected chi connectivity index (χ4v) is 4.33. The van der Waals surface area contributed by atoms with Crippen LogP contribution >= 0.6 is 11.6 Å². The van der Waals surface area contributed by atoms with Gasteiger partial charge >= 0.3 is 0 Å². The van der Waals surface area contributed by atoms with Crippen LogP contribution in [0.25, 0.3) is 6.08 Å². The Kier molecular flexibility index (Phi) is 6.09. The highest BCUT2D eigenvalue weighted by Crippen LogP contribution is 2.31. The minimum absolute atomic E-state index is 0.0319. The van der Waals surface area contributed by atoms with E-state index in [1.165, 1.54) is 5.56 Å². The summed E-state index contributed by atoms with van der Waals surface area (Å²) < 4.78 is 5.99. The molecule has 2 aromatic rings. The van der Waals surface area contributed by atoms with E-state index in [4.69, 9.17) is 16.3 Å². The van der Waals surface area contributed by atoms with Crippen molar-refractivity contribution in [3.05, 3.63) is 76.0 Å². The molecule has 1 aliphatic carbocycles. The van der Waals surface area contributed by atoms with Crippen LogP contribution in [0.1, 0.15) is 36.0 Å². The van der Waals surface area contributed by atoms with Crippen LogP contribution in [0, 0.1) is 12.8 Å². The largest absolute Gasteiger partial charge is 0.483 e. The number of hydrogen-bond donors (Lipinski definition) is 2. The van der Waals surface area contributed by atoms with E-state index in [2.05, 4.69) is 16.7 Å². The summed E-state index contributed by atoms with van der Waals surface area (Å²) in [5.74, 6) is -0.0548. The highest BCUT2D eigenvalue weighted by molar-refractivity contribution is 6.30. The summed E-state index contributed by atoms with van der Waals surface area (Å²) in [6.07, 6.45) is 3.63. The number of ether oxygens (including phenoxy) is 1. The van der Waals surface area contributed by atoms with Crippen LogP contribution in [-0.2, 0) is 20.9 Å². The van der Waals surface area contributed by atoms with Crippen molar-refractivity contribution in [3.8, 4) is 0 Å². The molecule has 0 bridgehead atoms. The van der Waals surface area contributed by atoms with Crippen molar-refractivity contribution in [2.75, 3.05) is 0 Å². The molecule has 0 spiro atoms. The number of carbonyl (C=O) groups excluding carboxylic acids is 2. The zero-order chi connectivity index (χ0) is 21.1. The van der Waals surface area contributed by atoms with Crippen LogP contribution in [0.3, 0.4) is 0 Å². The van der Waals surface area contributed by atoms with Crippen molar-refractivity contribution in [2.45, 2.75) is 44.9 Å². The van der Waals surface area contributed by atoms with Crippen molar-refractivity contribution in [3.63, 3.8) is 0 Å². The number of fused-ring (bicyclic) bond motifs is 1. The highest BCUT2D eigenvalue weighted by atomic mass is 35.5. The van der Waals surface area contributed by atoms with Gasteiger partial charge in [0.25, 0.3) is 5.91 Å². The van der Waals surface area contributed by atoms with Crippen LogP contribution in [0.4, 0.5) is 0 Å². The van der Waals surface area contributed by atoms with Crippen molar-refractivity contribution < 1.29 is 14.3 Å². The van der Waals surface area contributed by atoms with Gasteiger partial charge in [-0.15, -0.1) is 0 Å². The Hall–Kier alpha value is -2.79. The lowest BCUT2D eigenvalue weighted by Gasteiger charge is -2.39. The molecule has 2 aliphatic rings. The van der Waals surface area contributed by atoms with Gasteiger partial charge in [-0.3, -0.25) is 9.59 Å². The lowest BCUT2D eigenvalue weighted by Crippen LogP contribution is -2.54. The van der Waals surface area contributed by atoms with E-state index in [1.54, 1.807) is 18.2 Å². The Bertz CT molecular complexity index is 988. The summed E-state index contributed by atoms with van der Waals surface area (Å²) in [6, 6.07) is 15.2. The predicted molar refractivity (Wildman–Crippen MR) is 117 cm³/mol. The molecule has 1 saturated heterocycles. The zero-order valence-electron chi connectivity index (χ0n) is 16.9. The molecule has 6 heteroatoms. The van der Waals surface area contributed by atoms with Crippen molar-refractivity contribution in [1.29, 1.82) is 0 Å². The number of benzene rings is 2. The summed E-state index contributed by atoms with van der Waals surface area (Å²) in [4.78, 5) is 25.2. The van der Waals surface area contributed by atoms with Gasteiger partial charge in [-0.2, -0.15) is 0 Å². The summed E-state index contributed by atoms with van der Waals surface area (Å²) in [7, 11) is 0. The molecule has 0 radical (unpaired) electrons. The molecule has 1 saturated carbocycles. The van der Waals surface area contributed by atoms with Crippen LogP contribution in [0.2, 0.25) is 5.02 Å². The molecular formula is C24H25ClN2O3. The van der Waals surface area contributed by atoms with Crippen molar-refractivity contribution >= 4 is 29.5 Å². The maximum absolute atomic E-state index is 12.7. The first-order chi connectivity index (χ1) is 14.5. The first-order valence-corrected chi connectivity index (χ1v) is 10.6. The zero-order valence-corrected chi connectivity index (χ0v) is 17.6. The Labute approximate surface area is 181 Å². The number of morpholine rings is 1. The van der Waals surface area contributed by atoms with E-state index >= 15 is 0 Å². The molecule has 156 valence electrons. The van der Waals surface area contributed by atoms with E-state index < -0.39 is 0 Å². The number of carbonyl (C=O) groups is 2. The molecule has 2 amide bonds. The predicted octanol–water partition coefficient (Wildman–Crippen LogP) is 3.99. The monoisotopic (exact) mass is 424 g/mol. The Morgan fingerprint density at radius 2 is 2.07 bits per heavy atom. The van der Waals surface area contributed by atoms with Gasteiger partial charge in [-0.05, 0) is 55.5 Å². The molecule has 3 atom stereocenters. The quantitative estimate of drug-likeness (QED) is 0.729. The molecule has 1 heterocycles. The molecule has 2 fully saturated rings. The van der Waals surface area contributed by atoms with Gasteiger partial charge in [0.1, 0.15) is 6.10 Å². The van der Waals surface area contributed by atoms with E-state index in [0.717, 1.165) is 24.0 Å². The van der Waals surface area contributed by atoms with Gasteiger partial charge in [0.15, 0.2) is 5.76 Å². The second kappa shape index (κ2) is 8.92. The molecule has 2 aromatic carbocycles. The van der Waals surface area contributed by atoms with Gasteiger partial charge in [0.2, 0.25) is 5.91 Å². The fourth-order valence-electron chi connectivity index (χ4n) is 4.13. The molecule has 5 nitrogen and oxygen atoms in total. The summed E-state index contributed by atoms with van der Waals surface area (Å²) in [6.45, 7) is 2.55. The average Bonchev–Trinajstić information content (AvgIpc) is 2.72. The molecular weight excluding hydrogens is 400 g/mol. The lowest BCUT2D eigenvalue weighted by atomic mass is 9.82. The Balaban J connectivity index is 1.35. The van der Waals surface area contributed by atoms with Gasteiger partial charge < -0.3 is 15.4 Å². The van der Waals surface area contributed by atoms with Gasteiger partial charge in [0, 0.05) is 17.5 Å². The van der Waals surface area contributed by atoms with Crippen LogP contribution < -0.4 is 10.6 Å². The van der Waals surface area contributed by atoms with Crippen molar-refractivity contribution in [2.24, 2.45) is 5.92 Å². The molecule has 4 rings (SSSR count). The minimum Gasteiger partial charge on any atom is -0.483 e. The normalized spacial score (nSPS) is 24.5. The smallest absolute Gasteiger partial charge is 0.286 e. The van der Waals surface area contributed by atoms with Crippen molar-refractivity contribution in [1.82, 2.24) is 10.6 Å². The third-order valence-corrected chi connectivity index (χ3v) is 5.91. The number of nitrogens with one attached hydrogen (secondary N) is 2. The van der Waals surface area contributed by atoms with E-state index in [-0.39, 0.29) is 29.9 Å². The van der Waals surface area contributed by atoms with Gasteiger partial charge in [-0.1, -0.05) is 53.6 Å². The standard InChI is InChI=1S/C24H25ClN2O3/c1-15-4-2-6-17(10-15)14-26-23(28)18-8-9-21-20(13-18)27-24(29)22(30-21)12-16-5-3-7-19(25)11-16/h2-7,10-12,18,20-21H,8-9,13-14H2,1H3,(H,26,28)(H,27,29)/b22-12+. The van der Waals surface area contributed by atoms with Crippen LogP contribution in [0.5, 0.6) is 0 Å². The second-order valence-electron chi connectivity index (χ2n) is 8.02. The third-order valence-electron chi connectivity index (χ3n) is 5.67. The van der Waals surface area contributed by atoms with Crippen LogP contribution in [-0.4, -0.2) is 24.0 Å². The molecule has 3 unspecified atom stereocenters. The maximum Gasteiger partial charge on any atom is 0.286 e.